The monoisotopic (exact) mass is 483 g/mol. The van der Waals surface area contributed by atoms with Gasteiger partial charge in [0.05, 0.1) is 31.4 Å². The third-order valence-electron chi connectivity index (χ3n) is 5.52. The molecule has 34 heavy (non-hydrogen) atoms. The van der Waals surface area contributed by atoms with Crippen LogP contribution in [0.2, 0.25) is 0 Å². The molecule has 1 saturated heterocycles. The van der Waals surface area contributed by atoms with Crippen molar-refractivity contribution in [3.63, 3.8) is 0 Å². The molecule has 1 aliphatic heterocycles. The summed E-state index contributed by atoms with van der Waals surface area (Å²) in [5.41, 5.74) is 1.83. The van der Waals surface area contributed by atoms with Gasteiger partial charge < -0.3 is 19.7 Å². The fourth-order valence-electron chi connectivity index (χ4n) is 3.79. The highest BCUT2D eigenvalue weighted by Crippen LogP contribution is 2.27. The van der Waals surface area contributed by atoms with Crippen LogP contribution in [0, 0.1) is 0 Å². The van der Waals surface area contributed by atoms with E-state index >= 15 is 0 Å². The SMILES string of the molecule is CCNC(=S)N(CCc1ccc(OC)cc1)C1CC(=O)N(c2ccc(C(=O)OCC)cc2)C1=O. The van der Waals surface area contributed by atoms with E-state index in [0.717, 1.165) is 16.2 Å². The standard InChI is InChI=1S/C25H29N3O5S/c1-4-26-25(34)27(15-14-17-6-12-20(32-3)13-7-17)21-16-22(29)28(23(21)30)19-10-8-18(9-11-19)24(31)33-5-2/h6-13,21H,4-5,14-16H2,1-3H3,(H,26,34). The highest BCUT2D eigenvalue weighted by molar-refractivity contribution is 7.80. The van der Waals surface area contributed by atoms with E-state index in [9.17, 15) is 14.4 Å². The summed E-state index contributed by atoms with van der Waals surface area (Å²) in [4.78, 5) is 41.1. The van der Waals surface area contributed by atoms with Crippen molar-refractivity contribution in [2.75, 3.05) is 31.7 Å². The number of hydrogen-bond donors (Lipinski definition) is 1. The van der Waals surface area contributed by atoms with E-state index < -0.39 is 12.0 Å². The van der Waals surface area contributed by atoms with Gasteiger partial charge in [-0.3, -0.25) is 9.59 Å². The summed E-state index contributed by atoms with van der Waals surface area (Å²) in [7, 11) is 1.62. The molecular weight excluding hydrogens is 454 g/mol. The Morgan fingerprint density at radius 2 is 1.79 bits per heavy atom. The molecule has 0 saturated carbocycles. The number of carbonyl (C=O) groups is 3. The van der Waals surface area contributed by atoms with Gasteiger partial charge in [-0.05, 0) is 74.4 Å². The summed E-state index contributed by atoms with van der Waals surface area (Å²) in [5, 5.41) is 3.53. The maximum atomic E-state index is 13.4. The van der Waals surface area contributed by atoms with Gasteiger partial charge >= 0.3 is 5.97 Å². The van der Waals surface area contributed by atoms with Crippen LogP contribution in [0.15, 0.2) is 48.5 Å². The van der Waals surface area contributed by atoms with E-state index in [-0.39, 0.29) is 24.8 Å². The molecule has 1 atom stereocenters. The molecule has 0 aromatic heterocycles. The number of benzene rings is 2. The summed E-state index contributed by atoms with van der Waals surface area (Å²) in [5.74, 6) is -0.340. The lowest BCUT2D eigenvalue weighted by Gasteiger charge is -2.30. The lowest BCUT2D eigenvalue weighted by molar-refractivity contribution is -0.122. The number of rotatable bonds is 9. The minimum Gasteiger partial charge on any atom is -0.497 e. The third kappa shape index (κ3) is 5.72. The van der Waals surface area contributed by atoms with Crippen LogP contribution in [0.25, 0.3) is 0 Å². The Labute approximate surface area is 204 Å². The van der Waals surface area contributed by atoms with Gasteiger partial charge in [-0.25, -0.2) is 9.69 Å². The number of hydrogen-bond acceptors (Lipinski definition) is 6. The Bertz CT molecular complexity index is 1040. The molecule has 0 radical (unpaired) electrons. The highest BCUT2D eigenvalue weighted by atomic mass is 32.1. The second-order valence-corrected chi connectivity index (χ2v) is 8.07. The van der Waals surface area contributed by atoms with Gasteiger partial charge in [-0.1, -0.05) is 12.1 Å². The third-order valence-corrected chi connectivity index (χ3v) is 5.90. The van der Waals surface area contributed by atoms with E-state index in [4.69, 9.17) is 21.7 Å². The van der Waals surface area contributed by atoms with Gasteiger partial charge in [0, 0.05) is 13.1 Å². The maximum Gasteiger partial charge on any atom is 0.338 e. The minimum atomic E-state index is -0.706. The first kappa shape index (κ1) is 25.2. The van der Waals surface area contributed by atoms with Crippen molar-refractivity contribution in [3.05, 3.63) is 59.7 Å². The minimum absolute atomic E-state index is 0.0204. The molecule has 8 nitrogen and oxygen atoms in total. The van der Waals surface area contributed by atoms with Crippen molar-refractivity contribution in [2.24, 2.45) is 0 Å². The molecule has 0 aliphatic carbocycles. The van der Waals surface area contributed by atoms with E-state index in [1.54, 1.807) is 43.2 Å². The zero-order chi connectivity index (χ0) is 24.7. The molecular formula is C25H29N3O5S. The number of nitrogens with zero attached hydrogens (tertiary/aromatic N) is 2. The van der Waals surface area contributed by atoms with Gasteiger partial charge in [0.25, 0.3) is 5.91 Å². The van der Waals surface area contributed by atoms with Crippen LogP contribution in [0.3, 0.4) is 0 Å². The summed E-state index contributed by atoms with van der Waals surface area (Å²) in [6.07, 6.45) is 0.661. The van der Waals surface area contributed by atoms with Crippen molar-refractivity contribution >= 4 is 40.8 Å². The number of carbonyl (C=O) groups excluding carboxylic acids is 3. The average molecular weight is 484 g/mol. The van der Waals surface area contributed by atoms with Crippen LogP contribution in [0.1, 0.15) is 36.2 Å². The molecule has 0 spiro atoms. The molecule has 180 valence electrons. The Morgan fingerprint density at radius 3 is 2.38 bits per heavy atom. The van der Waals surface area contributed by atoms with E-state index in [0.29, 0.717) is 35.9 Å². The topological polar surface area (TPSA) is 88.2 Å². The summed E-state index contributed by atoms with van der Waals surface area (Å²) < 4.78 is 10.2. The van der Waals surface area contributed by atoms with Gasteiger partial charge in [0.1, 0.15) is 11.8 Å². The van der Waals surface area contributed by atoms with Crippen molar-refractivity contribution in [2.45, 2.75) is 32.7 Å². The molecule has 9 heteroatoms. The van der Waals surface area contributed by atoms with Crippen LogP contribution in [-0.4, -0.2) is 60.6 Å². The normalized spacial score (nSPS) is 15.3. The zero-order valence-corrected chi connectivity index (χ0v) is 20.4. The van der Waals surface area contributed by atoms with Gasteiger partial charge in [-0.15, -0.1) is 0 Å². The first-order chi connectivity index (χ1) is 16.4. The first-order valence-electron chi connectivity index (χ1n) is 11.2. The van der Waals surface area contributed by atoms with E-state index in [1.807, 2.05) is 31.2 Å². The fraction of sp³-hybridized carbons (Fsp3) is 0.360. The van der Waals surface area contributed by atoms with Gasteiger partial charge in [0.15, 0.2) is 5.11 Å². The van der Waals surface area contributed by atoms with E-state index in [2.05, 4.69) is 5.32 Å². The molecule has 1 unspecified atom stereocenters. The largest absolute Gasteiger partial charge is 0.497 e. The smallest absolute Gasteiger partial charge is 0.338 e. The molecule has 0 bridgehead atoms. The second-order valence-electron chi connectivity index (χ2n) is 7.68. The van der Waals surface area contributed by atoms with Gasteiger partial charge in [-0.2, -0.15) is 0 Å². The summed E-state index contributed by atoms with van der Waals surface area (Å²) in [6, 6.07) is 13.2. The van der Waals surface area contributed by atoms with Crippen molar-refractivity contribution < 1.29 is 23.9 Å². The molecule has 2 aromatic carbocycles. The number of thiocarbonyl (C=S) groups is 1. The van der Waals surface area contributed by atoms with Crippen LogP contribution in [0.4, 0.5) is 5.69 Å². The fourth-order valence-corrected chi connectivity index (χ4v) is 4.15. The predicted molar refractivity (Wildman–Crippen MR) is 133 cm³/mol. The summed E-state index contributed by atoms with van der Waals surface area (Å²) >= 11 is 5.55. The Kier molecular flexibility index (Phi) is 8.59. The molecule has 2 amide bonds. The number of nitrogens with one attached hydrogen (secondary N) is 1. The van der Waals surface area contributed by atoms with Crippen LogP contribution in [0.5, 0.6) is 5.75 Å². The number of imide groups is 1. The first-order valence-corrected chi connectivity index (χ1v) is 11.6. The predicted octanol–water partition coefficient (Wildman–Crippen LogP) is 2.94. The number of amides is 2. The lowest BCUT2D eigenvalue weighted by atomic mass is 10.1. The zero-order valence-electron chi connectivity index (χ0n) is 19.6. The number of anilines is 1. The van der Waals surface area contributed by atoms with Crippen LogP contribution >= 0.6 is 12.2 Å². The molecule has 2 aromatic rings. The average Bonchev–Trinajstić information content (AvgIpc) is 3.13. The van der Waals surface area contributed by atoms with Gasteiger partial charge in [0.2, 0.25) is 5.91 Å². The number of esters is 1. The molecule has 1 fully saturated rings. The second kappa shape index (κ2) is 11.6. The lowest BCUT2D eigenvalue weighted by Crippen LogP contribution is -2.50. The Hall–Kier alpha value is -3.46. The van der Waals surface area contributed by atoms with Crippen molar-refractivity contribution in [3.8, 4) is 5.75 Å². The van der Waals surface area contributed by atoms with Crippen LogP contribution in [-0.2, 0) is 20.7 Å². The highest BCUT2D eigenvalue weighted by Gasteiger charge is 2.43. The quantitative estimate of drug-likeness (QED) is 0.331. The van der Waals surface area contributed by atoms with Crippen molar-refractivity contribution in [1.82, 2.24) is 10.2 Å². The van der Waals surface area contributed by atoms with Crippen LogP contribution < -0.4 is 15.0 Å². The molecule has 1 N–H and O–H groups in total. The number of methoxy groups -OCH3 is 1. The molecule has 1 aliphatic rings. The Morgan fingerprint density at radius 1 is 1.12 bits per heavy atom. The Balaban J connectivity index is 1.77. The maximum absolute atomic E-state index is 13.4. The summed E-state index contributed by atoms with van der Waals surface area (Å²) in [6.45, 7) is 4.99. The van der Waals surface area contributed by atoms with E-state index in [1.165, 1.54) is 0 Å². The molecule has 3 rings (SSSR count). The van der Waals surface area contributed by atoms with Crippen molar-refractivity contribution in [1.29, 1.82) is 0 Å². The molecule has 1 heterocycles. The number of ether oxygens (including phenoxy) is 2.